The summed E-state index contributed by atoms with van der Waals surface area (Å²) in [7, 11) is -3.57. The lowest BCUT2D eigenvalue weighted by Crippen LogP contribution is -2.23. The monoisotopic (exact) mass is 309 g/mol. The third kappa shape index (κ3) is 4.13. The van der Waals surface area contributed by atoms with Gasteiger partial charge in [0, 0.05) is 19.3 Å². The molecule has 1 aromatic carbocycles. The number of benzene rings is 1. The molecule has 0 spiro atoms. The molecule has 6 nitrogen and oxygen atoms in total. The number of rotatable bonds is 7. The Morgan fingerprint density at radius 2 is 2.10 bits per heavy atom. The van der Waals surface area contributed by atoms with Crippen molar-refractivity contribution in [3.63, 3.8) is 0 Å². The number of nitrogens with one attached hydrogen (secondary N) is 1. The standard InChI is InChI=1S/C14H19N3O3S/c1-2-6-17-10-14(9-15-17)21(19,20)16-8-12-4-3-5-13(7-12)11-18/h3-5,7,9-10,16,18H,2,6,8,11H2,1H3. The molecule has 0 aliphatic carbocycles. The quantitative estimate of drug-likeness (QED) is 0.806. The minimum absolute atomic E-state index is 0.0651. The summed E-state index contributed by atoms with van der Waals surface area (Å²) in [6.45, 7) is 2.80. The van der Waals surface area contributed by atoms with Gasteiger partial charge in [0.25, 0.3) is 0 Å². The molecule has 7 heteroatoms. The van der Waals surface area contributed by atoms with Crippen LogP contribution in [0.1, 0.15) is 24.5 Å². The van der Waals surface area contributed by atoms with Crippen LogP contribution in [0.5, 0.6) is 0 Å². The molecule has 114 valence electrons. The largest absolute Gasteiger partial charge is 0.392 e. The van der Waals surface area contributed by atoms with Crippen molar-refractivity contribution in [2.24, 2.45) is 0 Å². The Morgan fingerprint density at radius 3 is 2.81 bits per heavy atom. The van der Waals surface area contributed by atoms with Crippen LogP contribution in [0, 0.1) is 0 Å². The van der Waals surface area contributed by atoms with E-state index < -0.39 is 10.0 Å². The smallest absolute Gasteiger partial charge is 0.243 e. The van der Waals surface area contributed by atoms with Crippen molar-refractivity contribution in [2.75, 3.05) is 0 Å². The fourth-order valence-corrected chi connectivity index (χ4v) is 2.90. The molecule has 2 aromatic rings. The van der Waals surface area contributed by atoms with Crippen LogP contribution in [-0.4, -0.2) is 23.3 Å². The van der Waals surface area contributed by atoms with E-state index in [4.69, 9.17) is 5.11 Å². The highest BCUT2D eigenvalue weighted by Gasteiger charge is 2.16. The second-order valence-electron chi connectivity index (χ2n) is 4.74. The van der Waals surface area contributed by atoms with Crippen LogP contribution < -0.4 is 4.72 Å². The molecule has 2 rings (SSSR count). The molecule has 0 bridgehead atoms. The Morgan fingerprint density at radius 1 is 1.33 bits per heavy atom. The van der Waals surface area contributed by atoms with Crippen LogP contribution in [-0.2, 0) is 29.7 Å². The van der Waals surface area contributed by atoms with Gasteiger partial charge in [-0.1, -0.05) is 31.2 Å². The molecule has 0 aliphatic rings. The average molecular weight is 309 g/mol. The van der Waals surface area contributed by atoms with Crippen molar-refractivity contribution < 1.29 is 13.5 Å². The van der Waals surface area contributed by atoms with E-state index in [0.29, 0.717) is 6.54 Å². The molecule has 0 amide bonds. The predicted molar refractivity (Wildman–Crippen MR) is 78.9 cm³/mol. The topological polar surface area (TPSA) is 84.2 Å². The number of aryl methyl sites for hydroxylation is 1. The van der Waals surface area contributed by atoms with E-state index in [1.165, 1.54) is 12.4 Å². The van der Waals surface area contributed by atoms with Gasteiger partial charge in [-0.05, 0) is 17.5 Å². The van der Waals surface area contributed by atoms with E-state index >= 15 is 0 Å². The second-order valence-corrected chi connectivity index (χ2v) is 6.51. The van der Waals surface area contributed by atoms with Gasteiger partial charge in [-0.2, -0.15) is 5.10 Å². The van der Waals surface area contributed by atoms with E-state index in [0.717, 1.165) is 17.5 Å². The first-order chi connectivity index (χ1) is 10.0. The maximum absolute atomic E-state index is 12.2. The normalized spacial score (nSPS) is 11.7. The van der Waals surface area contributed by atoms with Gasteiger partial charge in [-0.25, -0.2) is 13.1 Å². The Hall–Kier alpha value is -1.70. The van der Waals surface area contributed by atoms with Crippen LogP contribution in [0.2, 0.25) is 0 Å². The Bertz CT molecular complexity index is 695. The molecule has 1 heterocycles. The van der Waals surface area contributed by atoms with Crippen molar-refractivity contribution in [3.05, 3.63) is 47.8 Å². The van der Waals surface area contributed by atoms with Gasteiger partial charge >= 0.3 is 0 Å². The third-order valence-corrected chi connectivity index (χ3v) is 4.37. The van der Waals surface area contributed by atoms with E-state index in [9.17, 15) is 8.42 Å². The van der Waals surface area contributed by atoms with Crippen LogP contribution in [0.4, 0.5) is 0 Å². The summed E-state index contributed by atoms with van der Waals surface area (Å²) in [6, 6.07) is 7.15. The van der Waals surface area contributed by atoms with E-state index in [2.05, 4.69) is 9.82 Å². The minimum Gasteiger partial charge on any atom is -0.392 e. The highest BCUT2D eigenvalue weighted by Crippen LogP contribution is 2.10. The fraction of sp³-hybridized carbons (Fsp3) is 0.357. The lowest BCUT2D eigenvalue weighted by Gasteiger charge is -2.06. The number of hydrogen-bond acceptors (Lipinski definition) is 4. The van der Waals surface area contributed by atoms with Gasteiger partial charge in [0.15, 0.2) is 0 Å². The zero-order valence-electron chi connectivity index (χ0n) is 11.9. The third-order valence-electron chi connectivity index (χ3n) is 3.01. The highest BCUT2D eigenvalue weighted by molar-refractivity contribution is 7.89. The number of aromatic nitrogens is 2. The van der Waals surface area contributed by atoms with E-state index in [1.807, 2.05) is 13.0 Å². The van der Waals surface area contributed by atoms with Crippen molar-refractivity contribution in [1.29, 1.82) is 0 Å². The predicted octanol–water partition coefficient (Wildman–Crippen LogP) is 1.26. The molecular formula is C14H19N3O3S. The first kappa shape index (κ1) is 15.7. The summed E-state index contributed by atoms with van der Waals surface area (Å²) in [5, 5.41) is 13.1. The number of sulfonamides is 1. The number of nitrogens with zero attached hydrogens (tertiary/aromatic N) is 2. The van der Waals surface area contributed by atoms with Crippen LogP contribution >= 0.6 is 0 Å². The van der Waals surface area contributed by atoms with Gasteiger partial charge < -0.3 is 5.11 Å². The lowest BCUT2D eigenvalue weighted by molar-refractivity contribution is 0.281. The summed E-state index contributed by atoms with van der Waals surface area (Å²) < 4.78 is 28.5. The van der Waals surface area contributed by atoms with Crippen LogP contribution in [0.3, 0.4) is 0 Å². The Balaban J connectivity index is 2.06. The molecular weight excluding hydrogens is 290 g/mol. The number of hydrogen-bond donors (Lipinski definition) is 2. The molecule has 0 saturated heterocycles. The lowest BCUT2D eigenvalue weighted by atomic mass is 10.1. The molecule has 0 radical (unpaired) electrons. The van der Waals surface area contributed by atoms with Gasteiger partial charge in [0.1, 0.15) is 4.90 Å². The maximum atomic E-state index is 12.2. The zero-order valence-corrected chi connectivity index (χ0v) is 12.7. The maximum Gasteiger partial charge on any atom is 0.243 e. The average Bonchev–Trinajstić information content (AvgIpc) is 2.95. The van der Waals surface area contributed by atoms with Crippen molar-refractivity contribution in [2.45, 2.75) is 37.9 Å². The van der Waals surface area contributed by atoms with E-state index in [1.54, 1.807) is 22.9 Å². The van der Waals surface area contributed by atoms with Gasteiger partial charge in [-0.3, -0.25) is 4.68 Å². The summed E-state index contributed by atoms with van der Waals surface area (Å²) in [5.41, 5.74) is 1.55. The molecule has 0 unspecified atom stereocenters. The molecule has 0 fully saturated rings. The zero-order chi connectivity index (χ0) is 15.3. The summed E-state index contributed by atoms with van der Waals surface area (Å²) in [6.07, 6.45) is 3.76. The second kappa shape index (κ2) is 6.84. The van der Waals surface area contributed by atoms with Crippen molar-refractivity contribution in [3.8, 4) is 0 Å². The summed E-state index contributed by atoms with van der Waals surface area (Å²) in [5.74, 6) is 0. The van der Waals surface area contributed by atoms with Crippen molar-refractivity contribution in [1.82, 2.24) is 14.5 Å². The number of aliphatic hydroxyl groups is 1. The number of aliphatic hydroxyl groups excluding tert-OH is 1. The minimum atomic E-state index is -3.57. The summed E-state index contributed by atoms with van der Waals surface area (Å²) in [4.78, 5) is 0.161. The van der Waals surface area contributed by atoms with Crippen LogP contribution in [0.15, 0.2) is 41.6 Å². The van der Waals surface area contributed by atoms with Crippen molar-refractivity contribution >= 4 is 10.0 Å². The first-order valence-corrected chi connectivity index (χ1v) is 8.24. The van der Waals surface area contributed by atoms with Gasteiger partial charge in [0.2, 0.25) is 10.0 Å². The van der Waals surface area contributed by atoms with Gasteiger partial charge in [0.05, 0.1) is 12.8 Å². The first-order valence-electron chi connectivity index (χ1n) is 6.76. The summed E-state index contributed by atoms with van der Waals surface area (Å²) >= 11 is 0. The molecule has 0 saturated carbocycles. The van der Waals surface area contributed by atoms with E-state index in [-0.39, 0.29) is 18.0 Å². The molecule has 0 atom stereocenters. The highest BCUT2D eigenvalue weighted by atomic mass is 32.2. The van der Waals surface area contributed by atoms with Crippen LogP contribution in [0.25, 0.3) is 0 Å². The SMILES string of the molecule is CCCn1cc(S(=O)(=O)NCc2cccc(CO)c2)cn1. The Kier molecular flexibility index (Phi) is 5.11. The molecule has 0 aliphatic heterocycles. The Labute approximate surface area is 124 Å². The molecule has 21 heavy (non-hydrogen) atoms. The van der Waals surface area contributed by atoms with Gasteiger partial charge in [-0.15, -0.1) is 0 Å². The molecule has 1 aromatic heterocycles. The fourth-order valence-electron chi connectivity index (χ4n) is 1.93. The molecule has 2 N–H and O–H groups in total.